The van der Waals surface area contributed by atoms with Gasteiger partial charge in [0, 0.05) is 30.7 Å². The molecular weight excluding hydrogens is 374 g/mol. The van der Waals surface area contributed by atoms with Crippen LogP contribution >= 0.6 is 11.6 Å². The van der Waals surface area contributed by atoms with Gasteiger partial charge in [-0.15, -0.1) is 0 Å². The lowest BCUT2D eigenvalue weighted by atomic mass is 10.0. The van der Waals surface area contributed by atoms with E-state index in [4.69, 9.17) is 16.3 Å². The Morgan fingerprint density at radius 1 is 1.32 bits per heavy atom. The highest BCUT2D eigenvalue weighted by atomic mass is 35.5. The molecule has 1 saturated heterocycles. The highest BCUT2D eigenvalue weighted by Gasteiger charge is 2.19. The van der Waals surface area contributed by atoms with Gasteiger partial charge in [0.15, 0.2) is 11.9 Å². The number of carbonyl (C=O) groups is 1. The fraction of sp³-hybridized carbons (Fsp3) is 0.409. The van der Waals surface area contributed by atoms with Gasteiger partial charge in [0.2, 0.25) is 0 Å². The van der Waals surface area contributed by atoms with Crippen molar-refractivity contribution in [2.24, 2.45) is 0 Å². The van der Waals surface area contributed by atoms with Gasteiger partial charge in [-0.3, -0.25) is 4.79 Å². The molecule has 0 N–H and O–H groups in total. The van der Waals surface area contributed by atoms with Gasteiger partial charge in [0.05, 0.1) is 0 Å². The monoisotopic (exact) mass is 399 g/mol. The van der Waals surface area contributed by atoms with Crippen LogP contribution in [0.5, 0.6) is 0 Å². The molecule has 1 aliphatic rings. The summed E-state index contributed by atoms with van der Waals surface area (Å²) in [5.41, 5.74) is 2.55. The van der Waals surface area contributed by atoms with Gasteiger partial charge in [-0.05, 0) is 49.9 Å². The van der Waals surface area contributed by atoms with E-state index in [1.54, 1.807) is 6.20 Å². The summed E-state index contributed by atoms with van der Waals surface area (Å²) in [5.74, 6) is 1.21. The number of esters is 1. The number of nitrogens with zero attached hydrogens (tertiary/aromatic N) is 3. The minimum atomic E-state index is -0.443. The number of halogens is 1. The predicted molar refractivity (Wildman–Crippen MR) is 112 cm³/mol. The van der Waals surface area contributed by atoms with Crippen molar-refractivity contribution < 1.29 is 9.53 Å². The minimum Gasteiger partial charge on any atom is -0.454 e. The van der Waals surface area contributed by atoms with Crippen molar-refractivity contribution in [3.63, 3.8) is 0 Å². The molecule has 0 spiro atoms. The van der Waals surface area contributed by atoms with Crippen molar-refractivity contribution in [2.75, 3.05) is 18.0 Å². The number of hydrogen-bond acceptors (Lipinski definition) is 5. The van der Waals surface area contributed by atoms with Crippen molar-refractivity contribution in [1.29, 1.82) is 0 Å². The summed E-state index contributed by atoms with van der Waals surface area (Å²) in [7, 11) is 0. The highest BCUT2D eigenvalue weighted by Crippen LogP contribution is 2.25. The molecule has 0 saturated carbocycles. The quantitative estimate of drug-likeness (QED) is 0.623. The topological polar surface area (TPSA) is 55.3 Å². The van der Waals surface area contributed by atoms with E-state index in [1.165, 1.54) is 5.57 Å². The summed E-state index contributed by atoms with van der Waals surface area (Å²) in [5, 5.41) is 0.758. The molecule has 0 bridgehead atoms. The molecule has 1 aromatic heterocycles. The maximum absolute atomic E-state index is 11.7. The van der Waals surface area contributed by atoms with Gasteiger partial charge in [-0.1, -0.05) is 42.3 Å². The molecule has 5 nitrogen and oxygen atoms in total. The van der Waals surface area contributed by atoms with Crippen LogP contribution in [0.1, 0.15) is 57.0 Å². The lowest BCUT2D eigenvalue weighted by Gasteiger charge is -2.29. The Labute approximate surface area is 171 Å². The van der Waals surface area contributed by atoms with E-state index in [0.717, 1.165) is 48.8 Å². The molecule has 1 aliphatic heterocycles. The molecule has 1 aromatic carbocycles. The molecule has 1 fully saturated rings. The molecule has 1 atom stereocenters. The molecule has 2 aromatic rings. The third-order valence-corrected chi connectivity index (χ3v) is 4.97. The van der Waals surface area contributed by atoms with Crippen molar-refractivity contribution >= 4 is 29.5 Å². The lowest BCUT2D eigenvalue weighted by Crippen LogP contribution is -2.31. The van der Waals surface area contributed by atoms with E-state index >= 15 is 0 Å². The van der Waals surface area contributed by atoms with Crippen LogP contribution in [0.4, 0.5) is 5.82 Å². The maximum atomic E-state index is 11.7. The number of anilines is 1. The zero-order chi connectivity index (χ0) is 19.9. The van der Waals surface area contributed by atoms with E-state index in [-0.39, 0.29) is 5.97 Å². The van der Waals surface area contributed by atoms with E-state index < -0.39 is 6.10 Å². The maximum Gasteiger partial charge on any atom is 0.306 e. The standard InChI is InChI=1S/C22H26ClN3O2/c1-3-5-21(27)28-16(2)22-24-11-8-20(25-22)26-12-9-17(10-13-26)14-18-6-4-7-19(23)15-18/h4,6-8,11,14-16H,3,5,9-10,12-13H2,1-2H3. The van der Waals surface area contributed by atoms with Crippen LogP contribution in [0.25, 0.3) is 6.08 Å². The van der Waals surface area contributed by atoms with Crippen LogP contribution in [0, 0.1) is 0 Å². The Kier molecular flexibility index (Phi) is 7.04. The zero-order valence-electron chi connectivity index (χ0n) is 16.4. The molecular formula is C22H26ClN3O2. The lowest BCUT2D eigenvalue weighted by molar-refractivity contribution is -0.149. The van der Waals surface area contributed by atoms with Gasteiger partial charge in [0.25, 0.3) is 0 Å². The molecule has 0 radical (unpaired) electrons. The number of ether oxygens (including phenoxy) is 1. The van der Waals surface area contributed by atoms with E-state index in [9.17, 15) is 4.79 Å². The number of benzene rings is 1. The Hall–Kier alpha value is -2.40. The first-order chi connectivity index (χ1) is 13.5. The largest absolute Gasteiger partial charge is 0.454 e. The molecule has 148 valence electrons. The third kappa shape index (κ3) is 5.55. The van der Waals surface area contributed by atoms with E-state index in [1.807, 2.05) is 38.1 Å². The summed E-state index contributed by atoms with van der Waals surface area (Å²) in [6.07, 6.45) is 6.66. The number of carbonyl (C=O) groups excluding carboxylic acids is 1. The molecule has 0 amide bonds. The molecule has 3 rings (SSSR count). The van der Waals surface area contributed by atoms with Gasteiger partial charge in [-0.2, -0.15) is 0 Å². The second-order valence-electron chi connectivity index (χ2n) is 7.00. The van der Waals surface area contributed by atoms with Gasteiger partial charge >= 0.3 is 5.97 Å². The zero-order valence-corrected chi connectivity index (χ0v) is 17.2. The first kappa shape index (κ1) is 20.3. The number of aromatic nitrogens is 2. The van der Waals surface area contributed by atoms with Gasteiger partial charge < -0.3 is 9.64 Å². The molecule has 1 unspecified atom stereocenters. The smallest absolute Gasteiger partial charge is 0.306 e. The summed E-state index contributed by atoms with van der Waals surface area (Å²) in [6, 6.07) is 9.83. The third-order valence-electron chi connectivity index (χ3n) is 4.73. The van der Waals surface area contributed by atoms with Gasteiger partial charge in [-0.25, -0.2) is 9.97 Å². The van der Waals surface area contributed by atoms with Crippen LogP contribution < -0.4 is 4.90 Å². The fourth-order valence-electron chi connectivity index (χ4n) is 3.25. The van der Waals surface area contributed by atoms with E-state index in [2.05, 4.69) is 27.0 Å². The molecule has 6 heteroatoms. The normalized spacial score (nSPS) is 15.2. The van der Waals surface area contributed by atoms with Crippen LogP contribution in [0.2, 0.25) is 5.02 Å². The average molecular weight is 400 g/mol. The van der Waals surface area contributed by atoms with E-state index in [0.29, 0.717) is 12.2 Å². The van der Waals surface area contributed by atoms with Crippen LogP contribution in [-0.2, 0) is 9.53 Å². The Bertz CT molecular complexity index is 843. The Balaban J connectivity index is 1.62. The SMILES string of the molecule is CCCC(=O)OC(C)c1nccc(N2CCC(=Cc3cccc(Cl)c3)CC2)n1. The summed E-state index contributed by atoms with van der Waals surface area (Å²) < 4.78 is 5.41. The van der Waals surface area contributed by atoms with Gasteiger partial charge in [0.1, 0.15) is 5.82 Å². The number of rotatable bonds is 6. The van der Waals surface area contributed by atoms with Crippen molar-refractivity contribution in [3.8, 4) is 0 Å². The van der Waals surface area contributed by atoms with Crippen molar-refractivity contribution in [1.82, 2.24) is 9.97 Å². The molecule has 28 heavy (non-hydrogen) atoms. The van der Waals surface area contributed by atoms with Crippen molar-refractivity contribution in [3.05, 3.63) is 58.5 Å². The first-order valence-electron chi connectivity index (χ1n) is 9.77. The minimum absolute atomic E-state index is 0.210. The van der Waals surface area contributed by atoms with Crippen LogP contribution in [-0.4, -0.2) is 29.0 Å². The predicted octanol–water partition coefficient (Wildman–Crippen LogP) is 5.22. The Morgan fingerprint density at radius 3 is 2.82 bits per heavy atom. The number of hydrogen-bond donors (Lipinski definition) is 0. The Morgan fingerprint density at radius 2 is 2.11 bits per heavy atom. The fourth-order valence-corrected chi connectivity index (χ4v) is 3.45. The summed E-state index contributed by atoms with van der Waals surface area (Å²) >= 11 is 6.07. The summed E-state index contributed by atoms with van der Waals surface area (Å²) in [4.78, 5) is 22.9. The molecule has 2 heterocycles. The second kappa shape index (κ2) is 9.69. The first-order valence-corrected chi connectivity index (χ1v) is 10.2. The summed E-state index contributed by atoms with van der Waals surface area (Å²) in [6.45, 7) is 5.56. The van der Waals surface area contributed by atoms with Crippen LogP contribution in [0.3, 0.4) is 0 Å². The molecule has 0 aliphatic carbocycles. The van der Waals surface area contributed by atoms with Crippen molar-refractivity contribution in [2.45, 2.75) is 45.6 Å². The average Bonchev–Trinajstić information content (AvgIpc) is 2.69. The van der Waals surface area contributed by atoms with Crippen LogP contribution in [0.15, 0.2) is 42.1 Å². The number of piperidine rings is 1. The second-order valence-corrected chi connectivity index (χ2v) is 7.44. The highest BCUT2D eigenvalue weighted by molar-refractivity contribution is 6.30.